The smallest absolute Gasteiger partial charge is 0.308 e. The second kappa shape index (κ2) is 11.8. The van der Waals surface area contributed by atoms with Gasteiger partial charge in [0.2, 0.25) is 0 Å². The molecular formula is C22H26N4O6. The molecule has 1 aliphatic rings. The number of para-hydroxylation sites is 2. The van der Waals surface area contributed by atoms with E-state index in [1.165, 1.54) is 6.07 Å². The first kappa shape index (κ1) is 23.2. The van der Waals surface area contributed by atoms with Crippen molar-refractivity contribution < 1.29 is 24.0 Å². The van der Waals surface area contributed by atoms with Crippen molar-refractivity contribution in [3.05, 3.63) is 64.2 Å². The zero-order valence-corrected chi connectivity index (χ0v) is 17.6. The van der Waals surface area contributed by atoms with Gasteiger partial charge in [-0.05, 0) is 23.8 Å². The summed E-state index contributed by atoms with van der Waals surface area (Å²) in [5, 5.41) is 16.5. The molecule has 1 amide bonds. The monoisotopic (exact) mass is 442 g/mol. The SMILES string of the molecule is O=C(COC(=O)CCNc1ccccc1[N+](=O)[O-])Nc1ccc(CN2CCOCC2)cc1. The number of nitro groups is 1. The molecule has 1 fully saturated rings. The van der Waals surface area contributed by atoms with Gasteiger partial charge in [0.05, 0.1) is 24.6 Å². The van der Waals surface area contributed by atoms with Crippen LogP contribution in [0.3, 0.4) is 0 Å². The summed E-state index contributed by atoms with van der Waals surface area (Å²) in [5.41, 5.74) is 2.01. The second-order valence-electron chi connectivity index (χ2n) is 7.25. The molecule has 0 spiro atoms. The third-order valence-corrected chi connectivity index (χ3v) is 4.86. The van der Waals surface area contributed by atoms with Gasteiger partial charge in [-0.15, -0.1) is 0 Å². The van der Waals surface area contributed by atoms with Gasteiger partial charge in [0.1, 0.15) is 5.69 Å². The molecule has 2 N–H and O–H groups in total. The van der Waals surface area contributed by atoms with Crippen LogP contribution in [0, 0.1) is 10.1 Å². The van der Waals surface area contributed by atoms with Crippen molar-refractivity contribution in [3.63, 3.8) is 0 Å². The molecule has 0 aromatic heterocycles. The van der Waals surface area contributed by atoms with E-state index in [2.05, 4.69) is 15.5 Å². The Kier molecular flexibility index (Phi) is 8.52. The first-order chi connectivity index (χ1) is 15.5. The summed E-state index contributed by atoms with van der Waals surface area (Å²) >= 11 is 0. The molecule has 2 aromatic rings. The van der Waals surface area contributed by atoms with Crippen molar-refractivity contribution in [1.82, 2.24) is 4.90 Å². The highest BCUT2D eigenvalue weighted by molar-refractivity contribution is 5.92. The Labute approximate surface area is 185 Å². The van der Waals surface area contributed by atoms with E-state index >= 15 is 0 Å². The van der Waals surface area contributed by atoms with Crippen molar-refractivity contribution in [1.29, 1.82) is 0 Å². The number of rotatable bonds is 10. The predicted molar refractivity (Wildman–Crippen MR) is 118 cm³/mol. The Balaban J connectivity index is 1.35. The molecule has 3 rings (SSSR count). The molecule has 0 aliphatic carbocycles. The number of ether oxygens (including phenoxy) is 2. The van der Waals surface area contributed by atoms with E-state index in [4.69, 9.17) is 9.47 Å². The van der Waals surface area contributed by atoms with Crippen LogP contribution in [0.2, 0.25) is 0 Å². The third kappa shape index (κ3) is 7.33. The standard InChI is InChI=1S/C22H26N4O6/c27-21(24-18-7-5-17(6-8-18)15-25-11-13-31-14-12-25)16-32-22(28)9-10-23-19-3-1-2-4-20(19)26(29)30/h1-8,23H,9-16H2,(H,24,27). The van der Waals surface area contributed by atoms with Gasteiger partial charge >= 0.3 is 5.97 Å². The Morgan fingerprint density at radius 1 is 1.09 bits per heavy atom. The second-order valence-corrected chi connectivity index (χ2v) is 7.25. The minimum atomic E-state index is -0.577. The van der Waals surface area contributed by atoms with E-state index in [0.29, 0.717) is 11.4 Å². The molecular weight excluding hydrogens is 416 g/mol. The first-order valence-corrected chi connectivity index (χ1v) is 10.3. The summed E-state index contributed by atoms with van der Waals surface area (Å²) in [6, 6.07) is 13.7. The number of nitrogens with one attached hydrogen (secondary N) is 2. The largest absolute Gasteiger partial charge is 0.456 e. The zero-order chi connectivity index (χ0) is 22.8. The molecule has 10 nitrogen and oxygen atoms in total. The van der Waals surface area contributed by atoms with E-state index in [-0.39, 0.29) is 18.7 Å². The van der Waals surface area contributed by atoms with Crippen molar-refractivity contribution >= 4 is 28.9 Å². The summed E-state index contributed by atoms with van der Waals surface area (Å²) in [6.45, 7) is 3.87. The normalized spacial score (nSPS) is 13.9. The lowest BCUT2D eigenvalue weighted by atomic mass is 10.2. The highest BCUT2D eigenvalue weighted by atomic mass is 16.6. The van der Waals surface area contributed by atoms with Crippen molar-refractivity contribution in [3.8, 4) is 0 Å². The topological polar surface area (TPSA) is 123 Å². The van der Waals surface area contributed by atoms with Gasteiger partial charge in [0.25, 0.3) is 11.6 Å². The molecule has 2 aromatic carbocycles. The minimum absolute atomic E-state index is 0.0322. The summed E-state index contributed by atoms with van der Waals surface area (Å²) < 4.78 is 10.3. The number of nitrogens with zero attached hydrogens (tertiary/aromatic N) is 2. The number of carbonyl (C=O) groups is 2. The van der Waals surface area contributed by atoms with Gasteiger partial charge in [-0.3, -0.25) is 24.6 Å². The highest BCUT2D eigenvalue weighted by Crippen LogP contribution is 2.22. The lowest BCUT2D eigenvalue weighted by Crippen LogP contribution is -2.35. The summed E-state index contributed by atoms with van der Waals surface area (Å²) in [6.07, 6.45) is -0.0322. The number of amides is 1. The molecule has 1 aliphatic heterocycles. The Morgan fingerprint density at radius 2 is 1.81 bits per heavy atom. The Hall–Kier alpha value is -3.50. The van der Waals surface area contributed by atoms with Crippen molar-refractivity contribution in [2.45, 2.75) is 13.0 Å². The Bertz CT molecular complexity index is 928. The lowest BCUT2D eigenvalue weighted by molar-refractivity contribution is -0.384. The molecule has 0 radical (unpaired) electrons. The highest BCUT2D eigenvalue weighted by Gasteiger charge is 2.13. The van der Waals surface area contributed by atoms with Gasteiger partial charge < -0.3 is 20.1 Å². The fourth-order valence-corrected chi connectivity index (χ4v) is 3.21. The van der Waals surface area contributed by atoms with Crippen LogP contribution >= 0.6 is 0 Å². The predicted octanol–water partition coefficient (Wildman–Crippen LogP) is 2.41. The average Bonchev–Trinajstić information content (AvgIpc) is 2.80. The fourth-order valence-electron chi connectivity index (χ4n) is 3.21. The molecule has 0 atom stereocenters. The van der Waals surface area contributed by atoms with Crippen molar-refractivity contribution in [2.24, 2.45) is 0 Å². The quantitative estimate of drug-likeness (QED) is 0.327. The van der Waals surface area contributed by atoms with Gasteiger partial charge in [0, 0.05) is 37.9 Å². The van der Waals surface area contributed by atoms with Crippen LogP contribution in [-0.4, -0.2) is 61.2 Å². The third-order valence-electron chi connectivity index (χ3n) is 4.86. The fraction of sp³-hybridized carbons (Fsp3) is 0.364. The van der Waals surface area contributed by atoms with Crippen LogP contribution < -0.4 is 10.6 Å². The number of morpholine rings is 1. The molecule has 1 saturated heterocycles. The summed E-state index contributed by atoms with van der Waals surface area (Å²) in [5.74, 6) is -1.02. The van der Waals surface area contributed by atoms with Crippen LogP contribution in [0.25, 0.3) is 0 Å². The molecule has 0 bridgehead atoms. The summed E-state index contributed by atoms with van der Waals surface area (Å²) in [7, 11) is 0. The van der Waals surface area contributed by atoms with Crippen LogP contribution in [0.4, 0.5) is 17.1 Å². The number of nitro benzene ring substituents is 1. The van der Waals surface area contributed by atoms with E-state index in [1.807, 2.05) is 24.3 Å². The van der Waals surface area contributed by atoms with E-state index in [0.717, 1.165) is 38.4 Å². The molecule has 0 unspecified atom stereocenters. The van der Waals surface area contributed by atoms with E-state index in [1.54, 1.807) is 18.2 Å². The Morgan fingerprint density at radius 3 is 2.53 bits per heavy atom. The molecule has 0 saturated carbocycles. The van der Waals surface area contributed by atoms with Gasteiger partial charge in [0.15, 0.2) is 6.61 Å². The number of benzene rings is 2. The maximum Gasteiger partial charge on any atom is 0.308 e. The number of esters is 1. The number of hydrogen-bond acceptors (Lipinski definition) is 8. The van der Waals surface area contributed by atoms with Crippen LogP contribution in [0.5, 0.6) is 0 Å². The molecule has 10 heteroatoms. The molecule has 32 heavy (non-hydrogen) atoms. The first-order valence-electron chi connectivity index (χ1n) is 10.3. The lowest BCUT2D eigenvalue weighted by Gasteiger charge is -2.26. The van der Waals surface area contributed by atoms with Crippen molar-refractivity contribution in [2.75, 3.05) is 50.1 Å². The van der Waals surface area contributed by atoms with Gasteiger partial charge in [-0.25, -0.2) is 0 Å². The average molecular weight is 442 g/mol. The minimum Gasteiger partial charge on any atom is -0.456 e. The molecule has 1 heterocycles. The van der Waals surface area contributed by atoms with Gasteiger partial charge in [-0.1, -0.05) is 24.3 Å². The maximum absolute atomic E-state index is 12.0. The maximum atomic E-state index is 12.0. The number of hydrogen-bond donors (Lipinski definition) is 2. The zero-order valence-electron chi connectivity index (χ0n) is 17.6. The van der Waals surface area contributed by atoms with E-state index < -0.39 is 23.4 Å². The molecule has 170 valence electrons. The van der Waals surface area contributed by atoms with Crippen LogP contribution in [-0.2, 0) is 25.6 Å². The van der Waals surface area contributed by atoms with Gasteiger partial charge in [-0.2, -0.15) is 0 Å². The van der Waals surface area contributed by atoms with E-state index in [9.17, 15) is 19.7 Å². The number of carbonyl (C=O) groups excluding carboxylic acids is 2. The number of anilines is 2. The van der Waals surface area contributed by atoms with Crippen LogP contribution in [0.15, 0.2) is 48.5 Å². The van der Waals surface area contributed by atoms with Crippen LogP contribution in [0.1, 0.15) is 12.0 Å². The summed E-state index contributed by atoms with van der Waals surface area (Å²) in [4.78, 5) is 36.7.